The Morgan fingerprint density at radius 2 is 1.95 bits per heavy atom. The molecule has 5 nitrogen and oxygen atoms in total. The maximum atomic E-state index is 10.3. The first kappa shape index (κ1) is 14.9. The normalized spacial score (nSPS) is 10.4. The van der Waals surface area contributed by atoms with Crippen molar-refractivity contribution in [3.63, 3.8) is 0 Å². The second-order valence-corrected chi connectivity index (χ2v) is 3.65. The van der Waals surface area contributed by atoms with E-state index in [1.165, 1.54) is 0 Å². The highest BCUT2D eigenvalue weighted by atomic mass is 16.5. The molecule has 0 saturated carbocycles. The lowest BCUT2D eigenvalue weighted by molar-refractivity contribution is -0.131. The first-order valence-electron chi connectivity index (χ1n) is 6.20. The van der Waals surface area contributed by atoms with Gasteiger partial charge in [-0.1, -0.05) is 6.08 Å². The monoisotopic (exact) mass is 265 g/mol. The van der Waals surface area contributed by atoms with Crippen molar-refractivity contribution in [3.05, 3.63) is 30.4 Å². The molecule has 0 unspecified atom stereocenters. The molecule has 1 aromatic rings. The van der Waals surface area contributed by atoms with E-state index in [-0.39, 0.29) is 0 Å². The van der Waals surface area contributed by atoms with Gasteiger partial charge in [-0.25, -0.2) is 4.79 Å². The van der Waals surface area contributed by atoms with Crippen LogP contribution in [0.4, 0.5) is 5.69 Å². The van der Waals surface area contributed by atoms with Gasteiger partial charge < -0.3 is 19.9 Å². The molecule has 0 aliphatic heterocycles. The zero-order chi connectivity index (χ0) is 14.1. The highest BCUT2D eigenvalue weighted by molar-refractivity contribution is 5.79. The molecule has 0 bridgehead atoms. The predicted molar refractivity (Wildman–Crippen MR) is 74.0 cm³/mol. The molecular weight excluding hydrogens is 246 g/mol. The Balaban J connectivity index is 2.69. The minimum Gasteiger partial charge on any atom is -0.490 e. The van der Waals surface area contributed by atoms with Crippen molar-refractivity contribution in [1.29, 1.82) is 0 Å². The fourth-order valence-corrected chi connectivity index (χ4v) is 1.50. The molecule has 0 fully saturated rings. The summed E-state index contributed by atoms with van der Waals surface area (Å²) in [5.74, 6) is 0.427. The van der Waals surface area contributed by atoms with Gasteiger partial charge in [-0.2, -0.15) is 0 Å². The molecule has 0 spiro atoms. The molecule has 0 aromatic heterocycles. The molecule has 0 saturated heterocycles. The molecule has 0 radical (unpaired) electrons. The number of carboxylic acids is 1. The van der Waals surface area contributed by atoms with E-state index in [0.717, 1.165) is 11.8 Å². The summed E-state index contributed by atoms with van der Waals surface area (Å²) in [5.41, 5.74) is 0.849. The minimum atomic E-state index is -0.955. The van der Waals surface area contributed by atoms with E-state index in [1.807, 2.05) is 32.0 Å². The molecule has 0 heterocycles. The third-order valence-electron chi connectivity index (χ3n) is 2.23. The van der Waals surface area contributed by atoms with E-state index in [0.29, 0.717) is 31.3 Å². The number of benzene rings is 1. The van der Waals surface area contributed by atoms with Gasteiger partial charge in [0, 0.05) is 24.4 Å². The van der Waals surface area contributed by atoms with Crippen LogP contribution in [0.1, 0.15) is 13.8 Å². The lowest BCUT2D eigenvalue weighted by Gasteiger charge is -2.12. The smallest absolute Gasteiger partial charge is 0.328 e. The van der Waals surface area contributed by atoms with E-state index in [1.54, 1.807) is 6.08 Å². The fourth-order valence-electron chi connectivity index (χ4n) is 1.50. The van der Waals surface area contributed by atoms with Crippen molar-refractivity contribution < 1.29 is 19.4 Å². The van der Waals surface area contributed by atoms with Crippen LogP contribution in [-0.4, -0.2) is 30.8 Å². The number of rotatable bonds is 8. The third-order valence-corrected chi connectivity index (χ3v) is 2.23. The van der Waals surface area contributed by atoms with Crippen LogP contribution in [0.2, 0.25) is 0 Å². The summed E-state index contributed by atoms with van der Waals surface area (Å²) in [6.07, 6.45) is 2.64. The van der Waals surface area contributed by atoms with Crippen molar-refractivity contribution in [2.24, 2.45) is 0 Å². The Bertz CT molecular complexity index is 443. The van der Waals surface area contributed by atoms with Gasteiger partial charge in [-0.05, 0) is 26.0 Å². The van der Waals surface area contributed by atoms with Gasteiger partial charge in [0.1, 0.15) is 0 Å². The molecule has 0 aliphatic rings. The van der Waals surface area contributed by atoms with Gasteiger partial charge in [-0.3, -0.25) is 0 Å². The van der Waals surface area contributed by atoms with E-state index < -0.39 is 5.97 Å². The molecule has 0 amide bonds. The predicted octanol–water partition coefficient (Wildman–Crippen LogP) is 2.54. The first-order valence-corrected chi connectivity index (χ1v) is 6.20. The molecule has 1 aromatic carbocycles. The zero-order valence-electron chi connectivity index (χ0n) is 11.2. The maximum absolute atomic E-state index is 10.3. The molecule has 5 heteroatoms. The highest BCUT2D eigenvalue weighted by Crippen LogP contribution is 2.30. The van der Waals surface area contributed by atoms with Crippen molar-refractivity contribution in [3.8, 4) is 11.5 Å². The molecular formula is C14H19NO4. The number of ether oxygens (including phenoxy) is 2. The molecule has 1 rings (SSSR count). The Kier molecular flexibility index (Phi) is 6.29. The number of hydrogen-bond acceptors (Lipinski definition) is 4. The molecule has 0 atom stereocenters. The first-order chi connectivity index (χ1) is 9.17. The van der Waals surface area contributed by atoms with Crippen molar-refractivity contribution in [1.82, 2.24) is 0 Å². The average molecular weight is 265 g/mol. The largest absolute Gasteiger partial charge is 0.490 e. The Labute approximate surface area is 112 Å². The number of carbonyl (C=O) groups is 1. The zero-order valence-corrected chi connectivity index (χ0v) is 11.2. The summed E-state index contributed by atoms with van der Waals surface area (Å²) >= 11 is 0. The van der Waals surface area contributed by atoms with Gasteiger partial charge in [0.15, 0.2) is 11.5 Å². The van der Waals surface area contributed by atoms with E-state index >= 15 is 0 Å². The van der Waals surface area contributed by atoms with Crippen LogP contribution in [0.5, 0.6) is 11.5 Å². The van der Waals surface area contributed by atoms with E-state index in [4.69, 9.17) is 14.6 Å². The summed E-state index contributed by atoms with van der Waals surface area (Å²) in [6.45, 7) is 5.40. The quantitative estimate of drug-likeness (QED) is 0.707. The maximum Gasteiger partial charge on any atom is 0.328 e. The van der Waals surface area contributed by atoms with E-state index in [9.17, 15) is 4.79 Å². The lowest BCUT2D eigenvalue weighted by Crippen LogP contribution is -2.02. The topological polar surface area (TPSA) is 67.8 Å². The summed E-state index contributed by atoms with van der Waals surface area (Å²) in [4.78, 5) is 10.3. The second kappa shape index (κ2) is 8.02. The molecule has 104 valence electrons. The van der Waals surface area contributed by atoms with Crippen LogP contribution in [0.25, 0.3) is 0 Å². The summed E-state index contributed by atoms with van der Waals surface area (Å²) in [6, 6.07) is 5.53. The fraction of sp³-hybridized carbons (Fsp3) is 0.357. The van der Waals surface area contributed by atoms with Crippen LogP contribution in [0.15, 0.2) is 30.4 Å². The van der Waals surface area contributed by atoms with Crippen LogP contribution < -0.4 is 14.8 Å². The standard InChI is InChI=1S/C14H19NO4/c1-3-18-12-8-7-11(10-13(12)19-4-2)15-9-5-6-14(16)17/h5-8,10,15H,3-4,9H2,1-2H3,(H,16,17)/b6-5+. The Morgan fingerprint density at radius 3 is 2.58 bits per heavy atom. The number of anilines is 1. The van der Waals surface area contributed by atoms with Gasteiger partial charge in [0.05, 0.1) is 13.2 Å². The average Bonchev–Trinajstić information content (AvgIpc) is 2.38. The minimum absolute atomic E-state index is 0.436. The summed E-state index contributed by atoms with van der Waals surface area (Å²) in [7, 11) is 0. The van der Waals surface area contributed by atoms with Crippen LogP contribution in [-0.2, 0) is 4.79 Å². The molecule has 0 aliphatic carbocycles. The van der Waals surface area contributed by atoms with Crippen LogP contribution >= 0.6 is 0 Å². The number of hydrogen-bond donors (Lipinski definition) is 2. The van der Waals surface area contributed by atoms with Gasteiger partial charge in [-0.15, -0.1) is 0 Å². The number of carboxylic acid groups (broad SMARTS) is 1. The van der Waals surface area contributed by atoms with Crippen molar-refractivity contribution >= 4 is 11.7 Å². The Hall–Kier alpha value is -2.17. The van der Waals surface area contributed by atoms with Crippen molar-refractivity contribution in [2.45, 2.75) is 13.8 Å². The lowest BCUT2D eigenvalue weighted by atomic mass is 10.2. The number of nitrogens with one attached hydrogen (secondary N) is 1. The van der Waals surface area contributed by atoms with Gasteiger partial charge in [0.25, 0.3) is 0 Å². The Morgan fingerprint density at radius 1 is 1.26 bits per heavy atom. The van der Waals surface area contributed by atoms with Crippen LogP contribution in [0.3, 0.4) is 0 Å². The van der Waals surface area contributed by atoms with E-state index in [2.05, 4.69) is 5.32 Å². The van der Waals surface area contributed by atoms with Gasteiger partial charge >= 0.3 is 5.97 Å². The van der Waals surface area contributed by atoms with Crippen LogP contribution in [0, 0.1) is 0 Å². The molecule has 19 heavy (non-hydrogen) atoms. The summed E-state index contributed by atoms with van der Waals surface area (Å²) < 4.78 is 11.0. The number of aliphatic carboxylic acids is 1. The summed E-state index contributed by atoms with van der Waals surface area (Å²) in [5, 5.41) is 11.6. The second-order valence-electron chi connectivity index (χ2n) is 3.65. The van der Waals surface area contributed by atoms with Crippen molar-refractivity contribution in [2.75, 3.05) is 25.1 Å². The molecule has 2 N–H and O–H groups in total. The third kappa shape index (κ3) is 5.33. The van der Waals surface area contributed by atoms with Gasteiger partial charge in [0.2, 0.25) is 0 Å². The SMILES string of the molecule is CCOc1ccc(NC/C=C/C(=O)O)cc1OCC. The highest BCUT2D eigenvalue weighted by Gasteiger charge is 2.05.